The molecule has 1 atom stereocenters. The lowest BCUT2D eigenvalue weighted by Gasteiger charge is -2.10. The zero-order valence-corrected chi connectivity index (χ0v) is 9.45. The lowest BCUT2D eigenvalue weighted by atomic mass is 10.2. The van der Waals surface area contributed by atoms with Gasteiger partial charge in [-0.2, -0.15) is 0 Å². The van der Waals surface area contributed by atoms with Crippen LogP contribution in [0.25, 0.3) is 0 Å². The van der Waals surface area contributed by atoms with Gasteiger partial charge in [0.1, 0.15) is 12.4 Å². The Morgan fingerprint density at radius 3 is 3.13 bits per heavy atom. The van der Waals surface area contributed by atoms with E-state index in [4.69, 9.17) is 9.84 Å². The third-order valence-corrected chi connectivity index (χ3v) is 2.68. The Bertz CT molecular complexity index is 394. The quantitative estimate of drug-likeness (QED) is 0.799. The number of rotatable bonds is 1. The Morgan fingerprint density at radius 2 is 2.40 bits per heavy atom. The van der Waals surface area contributed by atoms with Gasteiger partial charge in [0.25, 0.3) is 5.91 Å². The Hall–Kier alpha value is -1.07. The maximum absolute atomic E-state index is 11.7. The zero-order valence-electron chi connectivity index (χ0n) is 7.87. The van der Waals surface area contributed by atoms with Crippen LogP contribution in [0.4, 0.5) is 0 Å². The maximum Gasteiger partial charge on any atom is 0.255 e. The summed E-state index contributed by atoms with van der Waals surface area (Å²) in [6.07, 6.45) is 0. The molecule has 15 heavy (non-hydrogen) atoms. The van der Waals surface area contributed by atoms with Gasteiger partial charge in [0.05, 0.1) is 18.2 Å². The van der Waals surface area contributed by atoms with Gasteiger partial charge >= 0.3 is 0 Å². The van der Waals surface area contributed by atoms with Gasteiger partial charge in [-0.25, -0.2) is 0 Å². The number of carbonyl (C=O) groups is 1. The summed E-state index contributed by atoms with van der Waals surface area (Å²) in [6, 6.07) is 4.90. The molecule has 0 radical (unpaired) electrons. The molecule has 0 aliphatic carbocycles. The molecule has 0 saturated carbocycles. The van der Waals surface area contributed by atoms with Gasteiger partial charge in [-0.05, 0) is 18.2 Å². The van der Waals surface area contributed by atoms with Gasteiger partial charge in [-0.3, -0.25) is 4.79 Å². The van der Waals surface area contributed by atoms with Gasteiger partial charge < -0.3 is 15.2 Å². The highest BCUT2D eigenvalue weighted by Crippen LogP contribution is 2.24. The summed E-state index contributed by atoms with van der Waals surface area (Å²) < 4.78 is 6.23. The first kappa shape index (κ1) is 10.4. The van der Waals surface area contributed by atoms with Gasteiger partial charge in [0, 0.05) is 4.47 Å². The first-order chi connectivity index (χ1) is 7.20. The highest BCUT2D eigenvalue weighted by molar-refractivity contribution is 9.10. The van der Waals surface area contributed by atoms with Crippen molar-refractivity contribution in [2.24, 2.45) is 0 Å². The van der Waals surface area contributed by atoms with E-state index >= 15 is 0 Å². The van der Waals surface area contributed by atoms with Crippen LogP contribution in [-0.2, 0) is 0 Å². The average Bonchev–Trinajstić information content (AvgIpc) is 2.39. The standard InChI is InChI=1S/C10H10BrNO3/c11-6-1-2-9-8(3-6)10(14)12-7(4-13)5-15-9/h1-3,7,13H,4-5H2,(H,12,14). The summed E-state index contributed by atoms with van der Waals surface area (Å²) in [5.74, 6) is 0.328. The Labute approximate surface area is 95.4 Å². The topological polar surface area (TPSA) is 58.6 Å². The van der Waals surface area contributed by atoms with Crippen LogP contribution in [0.15, 0.2) is 22.7 Å². The summed E-state index contributed by atoms with van der Waals surface area (Å²) in [4.78, 5) is 11.7. The molecule has 0 spiro atoms. The Kier molecular flexibility index (Phi) is 2.93. The molecule has 1 aromatic rings. The largest absolute Gasteiger partial charge is 0.491 e. The maximum atomic E-state index is 11.7. The predicted octanol–water partition coefficient (Wildman–Crippen LogP) is 0.932. The number of benzene rings is 1. The summed E-state index contributed by atoms with van der Waals surface area (Å²) in [7, 11) is 0. The molecule has 1 aromatic carbocycles. The minimum atomic E-state index is -0.344. The molecule has 1 amide bonds. The van der Waals surface area contributed by atoms with Crippen molar-refractivity contribution in [1.82, 2.24) is 5.32 Å². The minimum absolute atomic E-state index is 0.124. The third kappa shape index (κ3) is 2.13. The van der Waals surface area contributed by atoms with E-state index < -0.39 is 0 Å². The highest BCUT2D eigenvalue weighted by Gasteiger charge is 2.22. The predicted molar refractivity (Wildman–Crippen MR) is 58.0 cm³/mol. The van der Waals surface area contributed by atoms with E-state index in [0.29, 0.717) is 11.3 Å². The fraction of sp³-hybridized carbons (Fsp3) is 0.300. The molecule has 1 aliphatic heterocycles. The molecule has 2 rings (SSSR count). The van der Waals surface area contributed by atoms with Crippen LogP contribution in [0.1, 0.15) is 10.4 Å². The lowest BCUT2D eigenvalue weighted by molar-refractivity contribution is 0.0914. The normalized spacial score (nSPS) is 19.9. The number of aliphatic hydroxyl groups excluding tert-OH is 1. The number of hydrogen-bond acceptors (Lipinski definition) is 3. The molecular formula is C10H10BrNO3. The minimum Gasteiger partial charge on any atom is -0.491 e. The molecular weight excluding hydrogens is 262 g/mol. The molecule has 4 nitrogen and oxygen atoms in total. The number of amides is 1. The van der Waals surface area contributed by atoms with Crippen LogP contribution in [0.3, 0.4) is 0 Å². The second-order valence-corrected chi connectivity index (χ2v) is 4.22. The molecule has 2 N–H and O–H groups in total. The van der Waals surface area contributed by atoms with E-state index in [0.717, 1.165) is 4.47 Å². The smallest absolute Gasteiger partial charge is 0.255 e. The first-order valence-corrected chi connectivity index (χ1v) is 5.34. The Balaban J connectivity index is 2.35. The van der Waals surface area contributed by atoms with Crippen LogP contribution in [0.5, 0.6) is 5.75 Å². The second kappa shape index (κ2) is 4.20. The van der Waals surface area contributed by atoms with Crippen LogP contribution < -0.4 is 10.1 Å². The SMILES string of the molecule is O=C1NC(CO)COc2ccc(Br)cc21. The van der Waals surface area contributed by atoms with Crippen molar-refractivity contribution in [2.45, 2.75) is 6.04 Å². The first-order valence-electron chi connectivity index (χ1n) is 4.55. The molecule has 80 valence electrons. The van der Waals surface area contributed by atoms with E-state index in [-0.39, 0.29) is 25.2 Å². The average molecular weight is 272 g/mol. The highest BCUT2D eigenvalue weighted by atomic mass is 79.9. The second-order valence-electron chi connectivity index (χ2n) is 3.30. The number of fused-ring (bicyclic) bond motifs is 1. The fourth-order valence-corrected chi connectivity index (χ4v) is 1.76. The van der Waals surface area contributed by atoms with Crippen molar-refractivity contribution >= 4 is 21.8 Å². The van der Waals surface area contributed by atoms with Crippen LogP contribution in [0, 0.1) is 0 Å². The van der Waals surface area contributed by atoms with Gasteiger partial charge in [0.2, 0.25) is 0 Å². The van der Waals surface area contributed by atoms with Crippen molar-refractivity contribution in [3.63, 3.8) is 0 Å². The van der Waals surface area contributed by atoms with Crippen molar-refractivity contribution in [3.8, 4) is 5.75 Å². The van der Waals surface area contributed by atoms with Crippen LogP contribution in [-0.4, -0.2) is 30.3 Å². The summed E-state index contributed by atoms with van der Waals surface area (Å²) >= 11 is 3.29. The number of hydrogen-bond donors (Lipinski definition) is 2. The molecule has 1 aliphatic rings. The number of aliphatic hydroxyl groups is 1. The zero-order chi connectivity index (χ0) is 10.8. The molecule has 1 unspecified atom stereocenters. The fourth-order valence-electron chi connectivity index (χ4n) is 1.40. The summed E-state index contributed by atoms with van der Waals surface area (Å²) in [5.41, 5.74) is 0.486. The van der Waals surface area contributed by atoms with Crippen molar-refractivity contribution < 1.29 is 14.6 Å². The summed E-state index contributed by atoms with van der Waals surface area (Å²) in [5, 5.41) is 11.6. The number of carbonyl (C=O) groups excluding carboxylic acids is 1. The molecule has 0 saturated heterocycles. The van der Waals surface area contributed by atoms with Gasteiger partial charge in [0.15, 0.2) is 0 Å². The van der Waals surface area contributed by atoms with E-state index in [9.17, 15) is 4.79 Å². The monoisotopic (exact) mass is 271 g/mol. The van der Waals surface area contributed by atoms with E-state index in [2.05, 4.69) is 21.2 Å². The number of nitrogens with one attached hydrogen (secondary N) is 1. The van der Waals surface area contributed by atoms with Crippen molar-refractivity contribution in [3.05, 3.63) is 28.2 Å². The van der Waals surface area contributed by atoms with Crippen LogP contribution >= 0.6 is 15.9 Å². The van der Waals surface area contributed by atoms with E-state index in [1.807, 2.05) is 6.07 Å². The number of halogens is 1. The molecule has 1 heterocycles. The van der Waals surface area contributed by atoms with Crippen molar-refractivity contribution in [1.29, 1.82) is 0 Å². The van der Waals surface area contributed by atoms with Crippen molar-refractivity contribution in [2.75, 3.05) is 13.2 Å². The third-order valence-electron chi connectivity index (χ3n) is 2.18. The molecule has 0 bridgehead atoms. The number of ether oxygens (including phenoxy) is 1. The van der Waals surface area contributed by atoms with Gasteiger partial charge in [-0.1, -0.05) is 15.9 Å². The van der Waals surface area contributed by atoms with E-state index in [1.165, 1.54) is 0 Å². The summed E-state index contributed by atoms with van der Waals surface area (Å²) in [6.45, 7) is 0.164. The van der Waals surface area contributed by atoms with E-state index in [1.54, 1.807) is 12.1 Å². The molecule has 0 aromatic heterocycles. The Morgan fingerprint density at radius 1 is 1.60 bits per heavy atom. The molecule has 5 heteroatoms. The molecule has 0 fully saturated rings. The van der Waals surface area contributed by atoms with Crippen LogP contribution in [0.2, 0.25) is 0 Å². The lowest BCUT2D eigenvalue weighted by Crippen LogP contribution is -2.39. The van der Waals surface area contributed by atoms with Gasteiger partial charge in [-0.15, -0.1) is 0 Å².